The minimum absolute atomic E-state index is 0.120. The van der Waals surface area contributed by atoms with E-state index in [1.807, 2.05) is 13.8 Å². The zero-order valence-electron chi connectivity index (χ0n) is 9.98. The summed E-state index contributed by atoms with van der Waals surface area (Å²) in [4.78, 5) is 4.10. The summed E-state index contributed by atoms with van der Waals surface area (Å²) in [7, 11) is 0. The molecule has 0 N–H and O–H groups in total. The quantitative estimate of drug-likeness (QED) is 0.850. The molecule has 18 heavy (non-hydrogen) atoms. The van der Waals surface area contributed by atoms with E-state index in [0.717, 1.165) is 0 Å². The lowest BCUT2D eigenvalue weighted by Gasteiger charge is -2.05. The van der Waals surface area contributed by atoms with Crippen LogP contribution in [-0.2, 0) is 6.61 Å². The summed E-state index contributed by atoms with van der Waals surface area (Å²) in [6, 6.07) is 5.27. The summed E-state index contributed by atoms with van der Waals surface area (Å²) in [5.41, 5.74) is 0.699. The lowest BCUT2D eigenvalue weighted by atomic mass is 10.2. The average molecular weight is 287 g/mol. The fraction of sp³-hybridized carbons (Fsp3) is 0.333. The third kappa shape index (κ3) is 2.94. The lowest BCUT2D eigenvalue weighted by Crippen LogP contribution is -1.98. The van der Waals surface area contributed by atoms with Gasteiger partial charge in [0.1, 0.15) is 6.61 Å². The van der Waals surface area contributed by atoms with Crippen molar-refractivity contribution in [3.63, 3.8) is 0 Å². The Morgan fingerprint density at radius 2 is 1.94 bits per heavy atom. The molecule has 0 amide bonds. The van der Waals surface area contributed by atoms with Gasteiger partial charge < -0.3 is 4.74 Å². The molecular weight excluding hydrogens is 275 g/mol. The number of halogens is 2. The molecule has 0 atom stereocenters. The first-order valence-electron chi connectivity index (χ1n) is 5.47. The van der Waals surface area contributed by atoms with Crippen molar-refractivity contribution in [1.29, 1.82) is 0 Å². The molecule has 96 valence electrons. The van der Waals surface area contributed by atoms with Crippen LogP contribution in [0.3, 0.4) is 0 Å². The number of benzene rings is 1. The van der Waals surface area contributed by atoms with Gasteiger partial charge in [-0.15, -0.1) is 0 Å². The highest BCUT2D eigenvalue weighted by Gasteiger charge is 2.12. The Balaban J connectivity index is 2.07. The van der Waals surface area contributed by atoms with E-state index in [-0.39, 0.29) is 18.6 Å². The first kappa shape index (κ1) is 13.2. The predicted octanol–water partition coefficient (Wildman–Crippen LogP) is 4.08. The minimum atomic E-state index is 0.120. The van der Waals surface area contributed by atoms with Crippen LogP contribution in [-0.4, -0.2) is 10.1 Å². The van der Waals surface area contributed by atoms with Gasteiger partial charge >= 0.3 is 6.08 Å². The van der Waals surface area contributed by atoms with Crippen LogP contribution in [0.5, 0.6) is 6.08 Å². The summed E-state index contributed by atoms with van der Waals surface area (Å²) in [5.74, 6) is 0.797. The molecule has 1 aromatic heterocycles. The van der Waals surface area contributed by atoms with Gasteiger partial charge in [0.15, 0.2) is 5.82 Å². The summed E-state index contributed by atoms with van der Waals surface area (Å²) < 4.78 is 10.3. The molecule has 2 rings (SSSR count). The molecule has 0 aliphatic rings. The molecule has 0 spiro atoms. The predicted molar refractivity (Wildman–Crippen MR) is 69.2 cm³/mol. The third-order valence-electron chi connectivity index (χ3n) is 2.34. The molecule has 0 aliphatic carbocycles. The van der Waals surface area contributed by atoms with Crippen molar-refractivity contribution in [2.24, 2.45) is 0 Å². The van der Waals surface area contributed by atoms with Gasteiger partial charge in [-0.2, -0.15) is 4.98 Å². The highest BCUT2D eigenvalue weighted by Crippen LogP contribution is 2.25. The van der Waals surface area contributed by atoms with Crippen molar-refractivity contribution < 1.29 is 9.26 Å². The second-order valence-electron chi connectivity index (χ2n) is 4.06. The number of ether oxygens (including phenoxy) is 1. The largest absolute Gasteiger partial charge is 0.444 e. The Labute approximate surface area is 115 Å². The number of aromatic nitrogens is 2. The van der Waals surface area contributed by atoms with Gasteiger partial charge in [0.2, 0.25) is 0 Å². The Bertz CT molecular complexity index is 520. The van der Waals surface area contributed by atoms with Crippen molar-refractivity contribution >= 4 is 23.2 Å². The van der Waals surface area contributed by atoms with Crippen LogP contribution in [0.1, 0.15) is 31.2 Å². The second kappa shape index (κ2) is 5.59. The molecule has 6 heteroatoms. The van der Waals surface area contributed by atoms with Gasteiger partial charge in [0, 0.05) is 21.5 Å². The molecular formula is C12H12Cl2N2O2. The lowest BCUT2D eigenvalue weighted by molar-refractivity contribution is 0.195. The second-order valence-corrected chi connectivity index (χ2v) is 4.88. The van der Waals surface area contributed by atoms with Crippen LogP contribution in [0.15, 0.2) is 22.7 Å². The standard InChI is InChI=1S/C12H12Cl2N2O2/c1-7(2)11-15-12(18-16-11)17-6-8-9(13)4-3-5-10(8)14/h3-5,7H,6H2,1-2H3. The van der Waals surface area contributed by atoms with Crippen LogP contribution >= 0.6 is 23.2 Å². The smallest absolute Gasteiger partial charge is 0.417 e. The van der Waals surface area contributed by atoms with Gasteiger partial charge in [-0.3, -0.25) is 4.52 Å². The maximum atomic E-state index is 6.02. The van der Waals surface area contributed by atoms with Crippen LogP contribution in [0.4, 0.5) is 0 Å². The van der Waals surface area contributed by atoms with Crippen LogP contribution in [0, 0.1) is 0 Å². The van der Waals surface area contributed by atoms with Crippen molar-refractivity contribution in [2.75, 3.05) is 0 Å². The van der Waals surface area contributed by atoms with E-state index in [4.69, 9.17) is 32.5 Å². The molecule has 0 bridgehead atoms. The summed E-state index contributed by atoms with van der Waals surface area (Å²) in [6.07, 6.45) is 0.120. The van der Waals surface area contributed by atoms with Crippen molar-refractivity contribution in [3.05, 3.63) is 39.6 Å². The summed E-state index contributed by atoms with van der Waals surface area (Å²) in [5, 5.41) is 4.89. The molecule has 0 saturated heterocycles. The van der Waals surface area contributed by atoms with E-state index in [9.17, 15) is 0 Å². The number of rotatable bonds is 4. The van der Waals surface area contributed by atoms with Crippen molar-refractivity contribution in [3.8, 4) is 6.08 Å². The molecule has 1 heterocycles. The van der Waals surface area contributed by atoms with E-state index >= 15 is 0 Å². The Hall–Kier alpha value is -1.26. The Kier molecular flexibility index (Phi) is 4.09. The SMILES string of the molecule is CC(C)c1noc(OCc2c(Cl)cccc2Cl)n1. The zero-order chi connectivity index (χ0) is 13.1. The van der Waals surface area contributed by atoms with E-state index in [1.165, 1.54) is 0 Å². The zero-order valence-corrected chi connectivity index (χ0v) is 11.5. The molecule has 4 nitrogen and oxygen atoms in total. The topological polar surface area (TPSA) is 48.2 Å². The average Bonchev–Trinajstić information content (AvgIpc) is 2.77. The number of hydrogen-bond donors (Lipinski definition) is 0. The van der Waals surface area contributed by atoms with E-state index in [0.29, 0.717) is 21.4 Å². The molecule has 2 aromatic rings. The monoisotopic (exact) mass is 286 g/mol. The normalized spacial score (nSPS) is 10.9. The van der Waals surface area contributed by atoms with Gasteiger partial charge in [-0.1, -0.05) is 48.3 Å². The molecule has 0 radical (unpaired) electrons. The summed E-state index contributed by atoms with van der Waals surface area (Å²) >= 11 is 12.0. The van der Waals surface area contributed by atoms with Gasteiger partial charge in [-0.05, 0) is 12.1 Å². The van der Waals surface area contributed by atoms with Gasteiger partial charge in [0.25, 0.3) is 0 Å². The van der Waals surface area contributed by atoms with Crippen molar-refractivity contribution in [1.82, 2.24) is 10.1 Å². The fourth-order valence-corrected chi connectivity index (χ4v) is 1.82. The molecule has 0 aliphatic heterocycles. The van der Waals surface area contributed by atoms with Gasteiger partial charge in [0.05, 0.1) is 0 Å². The molecule has 0 fully saturated rings. The highest BCUT2D eigenvalue weighted by atomic mass is 35.5. The number of hydrogen-bond acceptors (Lipinski definition) is 4. The van der Waals surface area contributed by atoms with E-state index < -0.39 is 0 Å². The molecule has 0 saturated carbocycles. The van der Waals surface area contributed by atoms with Crippen LogP contribution in [0.25, 0.3) is 0 Å². The Morgan fingerprint density at radius 3 is 2.50 bits per heavy atom. The van der Waals surface area contributed by atoms with Crippen molar-refractivity contribution in [2.45, 2.75) is 26.4 Å². The van der Waals surface area contributed by atoms with Crippen LogP contribution < -0.4 is 4.74 Å². The fourth-order valence-electron chi connectivity index (χ4n) is 1.32. The van der Waals surface area contributed by atoms with E-state index in [2.05, 4.69) is 10.1 Å². The minimum Gasteiger partial charge on any atom is -0.444 e. The molecule has 1 aromatic carbocycles. The Morgan fingerprint density at radius 1 is 1.28 bits per heavy atom. The summed E-state index contributed by atoms with van der Waals surface area (Å²) in [6.45, 7) is 4.14. The highest BCUT2D eigenvalue weighted by molar-refractivity contribution is 6.35. The maximum absolute atomic E-state index is 6.02. The molecule has 0 unspecified atom stereocenters. The third-order valence-corrected chi connectivity index (χ3v) is 3.05. The van der Waals surface area contributed by atoms with Crippen LogP contribution in [0.2, 0.25) is 10.0 Å². The first-order valence-corrected chi connectivity index (χ1v) is 6.23. The van der Waals surface area contributed by atoms with E-state index in [1.54, 1.807) is 18.2 Å². The number of nitrogens with zero attached hydrogens (tertiary/aromatic N) is 2. The maximum Gasteiger partial charge on any atom is 0.417 e. The first-order chi connectivity index (χ1) is 8.58. The van der Waals surface area contributed by atoms with Gasteiger partial charge in [-0.25, -0.2) is 0 Å².